The highest BCUT2D eigenvalue weighted by Gasteiger charge is 2.25. The fourth-order valence-corrected chi connectivity index (χ4v) is 5.21. The normalized spacial score (nSPS) is 16.8. The molecule has 2 heterocycles. The summed E-state index contributed by atoms with van der Waals surface area (Å²) < 4.78 is 38.0. The number of rotatable bonds is 6. The van der Waals surface area contributed by atoms with Crippen molar-refractivity contribution in [1.29, 1.82) is 0 Å². The minimum absolute atomic E-state index is 0.184. The van der Waals surface area contributed by atoms with Crippen LogP contribution in [0.15, 0.2) is 47.4 Å². The summed E-state index contributed by atoms with van der Waals surface area (Å²) in [5.74, 6) is 1.05. The highest BCUT2D eigenvalue weighted by molar-refractivity contribution is 7.89. The average Bonchev–Trinajstić information content (AvgIpc) is 2.79. The molecule has 1 N–H and O–H groups in total. The molecular weight excluding hydrogens is 404 g/mol. The van der Waals surface area contributed by atoms with Crippen LogP contribution in [0.5, 0.6) is 11.5 Å². The van der Waals surface area contributed by atoms with Crippen LogP contribution in [0.2, 0.25) is 0 Å². The van der Waals surface area contributed by atoms with Gasteiger partial charge in [-0.2, -0.15) is 4.31 Å². The number of sulfonamides is 1. The minimum Gasteiger partial charge on any atom is -0.486 e. The molecule has 0 radical (unpaired) electrons. The van der Waals surface area contributed by atoms with E-state index in [0.29, 0.717) is 61.2 Å². The average molecular weight is 431 g/mol. The summed E-state index contributed by atoms with van der Waals surface area (Å²) in [7, 11) is -3.41. The Bertz CT molecular complexity index is 999. The lowest BCUT2D eigenvalue weighted by Gasteiger charge is -2.25. The number of nitrogens with zero attached hydrogens (tertiary/aromatic N) is 1. The van der Waals surface area contributed by atoms with Gasteiger partial charge in [0.15, 0.2) is 11.5 Å². The quantitative estimate of drug-likeness (QED) is 0.762. The first-order valence-corrected chi connectivity index (χ1v) is 11.7. The maximum absolute atomic E-state index is 12.7. The van der Waals surface area contributed by atoms with E-state index in [-0.39, 0.29) is 5.91 Å². The second-order valence-corrected chi connectivity index (χ2v) is 9.41. The van der Waals surface area contributed by atoms with Crippen LogP contribution in [0, 0.1) is 0 Å². The van der Waals surface area contributed by atoms with Crippen molar-refractivity contribution in [2.45, 2.75) is 30.6 Å². The Kier molecular flexibility index (Phi) is 6.24. The van der Waals surface area contributed by atoms with Crippen LogP contribution < -0.4 is 14.8 Å². The molecule has 160 valence electrons. The largest absolute Gasteiger partial charge is 0.486 e. The Balaban J connectivity index is 1.31. The third-order valence-corrected chi connectivity index (χ3v) is 7.29. The molecule has 0 atom stereocenters. The Morgan fingerprint density at radius 2 is 1.63 bits per heavy atom. The molecule has 0 saturated carbocycles. The summed E-state index contributed by atoms with van der Waals surface area (Å²) in [5.41, 5.74) is 1.48. The maximum Gasteiger partial charge on any atom is 0.251 e. The predicted octanol–water partition coefficient (Wildman–Crippen LogP) is 2.60. The molecule has 2 aromatic carbocycles. The lowest BCUT2D eigenvalue weighted by molar-refractivity contribution is 0.0953. The minimum atomic E-state index is -3.41. The summed E-state index contributed by atoms with van der Waals surface area (Å²) >= 11 is 0. The summed E-state index contributed by atoms with van der Waals surface area (Å²) in [4.78, 5) is 12.7. The number of hydrogen-bond donors (Lipinski definition) is 1. The van der Waals surface area contributed by atoms with Crippen LogP contribution in [0.3, 0.4) is 0 Å². The van der Waals surface area contributed by atoms with Crippen LogP contribution in [-0.2, 0) is 16.4 Å². The Morgan fingerprint density at radius 1 is 0.933 bits per heavy atom. The van der Waals surface area contributed by atoms with Crippen LogP contribution in [0.4, 0.5) is 0 Å². The van der Waals surface area contributed by atoms with Gasteiger partial charge in [-0.25, -0.2) is 8.42 Å². The molecule has 0 aliphatic carbocycles. The molecule has 4 rings (SSSR count). The van der Waals surface area contributed by atoms with Crippen molar-refractivity contribution in [1.82, 2.24) is 9.62 Å². The van der Waals surface area contributed by atoms with E-state index >= 15 is 0 Å². The SMILES string of the molecule is O=C(NCCc1ccc(S(=O)(=O)N2CCCCC2)cc1)c1ccc2c(c1)OCCO2. The van der Waals surface area contributed by atoms with Gasteiger partial charge in [-0.05, 0) is 55.2 Å². The van der Waals surface area contributed by atoms with E-state index in [1.54, 1.807) is 34.6 Å². The highest BCUT2D eigenvalue weighted by atomic mass is 32.2. The van der Waals surface area contributed by atoms with Gasteiger partial charge in [0.2, 0.25) is 10.0 Å². The van der Waals surface area contributed by atoms with E-state index in [4.69, 9.17) is 9.47 Å². The molecule has 30 heavy (non-hydrogen) atoms. The van der Waals surface area contributed by atoms with Crippen molar-refractivity contribution in [3.63, 3.8) is 0 Å². The molecule has 0 aromatic heterocycles. The number of nitrogens with one attached hydrogen (secondary N) is 1. The molecule has 7 nitrogen and oxygen atoms in total. The number of hydrogen-bond acceptors (Lipinski definition) is 5. The van der Waals surface area contributed by atoms with Crippen molar-refractivity contribution in [2.75, 3.05) is 32.8 Å². The molecule has 2 aromatic rings. The van der Waals surface area contributed by atoms with E-state index in [1.807, 2.05) is 12.1 Å². The lowest BCUT2D eigenvalue weighted by Crippen LogP contribution is -2.35. The number of fused-ring (bicyclic) bond motifs is 1. The molecule has 0 bridgehead atoms. The number of piperidine rings is 1. The topological polar surface area (TPSA) is 84.9 Å². The first-order valence-electron chi connectivity index (χ1n) is 10.3. The summed E-state index contributed by atoms with van der Waals surface area (Å²) in [6, 6.07) is 12.1. The van der Waals surface area contributed by atoms with Gasteiger partial charge >= 0.3 is 0 Å². The van der Waals surface area contributed by atoms with Gasteiger partial charge in [0.1, 0.15) is 13.2 Å². The molecule has 1 saturated heterocycles. The number of ether oxygens (including phenoxy) is 2. The zero-order chi connectivity index (χ0) is 21.0. The van der Waals surface area contributed by atoms with Crippen molar-refractivity contribution in [3.8, 4) is 11.5 Å². The van der Waals surface area contributed by atoms with Crippen molar-refractivity contribution in [3.05, 3.63) is 53.6 Å². The fraction of sp³-hybridized carbons (Fsp3) is 0.409. The van der Waals surface area contributed by atoms with E-state index in [1.165, 1.54) is 0 Å². The van der Waals surface area contributed by atoms with Gasteiger partial charge in [0, 0.05) is 25.2 Å². The molecule has 0 spiro atoms. The molecule has 0 unspecified atom stereocenters. The maximum atomic E-state index is 12.7. The predicted molar refractivity (Wildman–Crippen MR) is 113 cm³/mol. The summed E-state index contributed by atoms with van der Waals surface area (Å²) in [6.45, 7) is 2.62. The second kappa shape index (κ2) is 9.06. The number of carbonyl (C=O) groups is 1. The number of carbonyl (C=O) groups excluding carboxylic acids is 1. The van der Waals surface area contributed by atoms with E-state index in [0.717, 1.165) is 24.8 Å². The monoisotopic (exact) mass is 430 g/mol. The molecular formula is C22H26N2O5S. The third kappa shape index (κ3) is 4.60. The van der Waals surface area contributed by atoms with Crippen LogP contribution in [0.1, 0.15) is 35.2 Å². The van der Waals surface area contributed by atoms with Crippen molar-refractivity contribution < 1.29 is 22.7 Å². The zero-order valence-corrected chi connectivity index (χ0v) is 17.6. The van der Waals surface area contributed by atoms with E-state index in [9.17, 15) is 13.2 Å². The smallest absolute Gasteiger partial charge is 0.251 e. The summed E-state index contributed by atoms with van der Waals surface area (Å²) in [6.07, 6.45) is 3.53. The standard InChI is InChI=1S/C22H26N2O5S/c25-22(18-6-9-20-21(16-18)29-15-14-28-20)23-11-10-17-4-7-19(8-5-17)30(26,27)24-12-2-1-3-13-24/h4-9,16H,1-3,10-15H2,(H,23,25). The Morgan fingerprint density at radius 3 is 2.37 bits per heavy atom. The van der Waals surface area contributed by atoms with Gasteiger partial charge in [0.05, 0.1) is 4.90 Å². The van der Waals surface area contributed by atoms with Crippen LogP contribution in [0.25, 0.3) is 0 Å². The fourth-order valence-electron chi connectivity index (χ4n) is 3.69. The molecule has 8 heteroatoms. The lowest BCUT2D eigenvalue weighted by atomic mass is 10.1. The summed E-state index contributed by atoms with van der Waals surface area (Å²) in [5, 5.41) is 2.89. The van der Waals surface area contributed by atoms with Gasteiger partial charge in [-0.15, -0.1) is 0 Å². The van der Waals surface area contributed by atoms with E-state index < -0.39 is 10.0 Å². The first kappa shape index (κ1) is 20.7. The number of benzene rings is 2. The molecule has 2 aliphatic heterocycles. The van der Waals surface area contributed by atoms with Crippen molar-refractivity contribution >= 4 is 15.9 Å². The molecule has 1 fully saturated rings. The number of amides is 1. The van der Waals surface area contributed by atoms with Crippen LogP contribution in [-0.4, -0.2) is 51.5 Å². The van der Waals surface area contributed by atoms with Crippen molar-refractivity contribution in [2.24, 2.45) is 0 Å². The van der Waals surface area contributed by atoms with Crippen LogP contribution >= 0.6 is 0 Å². The van der Waals surface area contributed by atoms with Gasteiger partial charge in [0.25, 0.3) is 5.91 Å². The second-order valence-electron chi connectivity index (χ2n) is 7.47. The zero-order valence-electron chi connectivity index (χ0n) is 16.8. The third-order valence-electron chi connectivity index (χ3n) is 5.38. The first-order chi connectivity index (χ1) is 14.5. The van der Waals surface area contributed by atoms with E-state index in [2.05, 4.69) is 5.32 Å². The molecule has 2 aliphatic rings. The molecule has 1 amide bonds. The highest BCUT2D eigenvalue weighted by Crippen LogP contribution is 2.30. The van der Waals surface area contributed by atoms with Gasteiger partial charge in [-0.1, -0.05) is 18.6 Å². The van der Waals surface area contributed by atoms with Gasteiger partial charge < -0.3 is 14.8 Å². The Labute approximate surface area is 177 Å². The Hall–Kier alpha value is -2.58. The van der Waals surface area contributed by atoms with Gasteiger partial charge in [-0.3, -0.25) is 4.79 Å².